The van der Waals surface area contributed by atoms with Gasteiger partial charge < -0.3 is 19.5 Å². The van der Waals surface area contributed by atoms with Gasteiger partial charge in [-0.3, -0.25) is 9.79 Å². The van der Waals surface area contributed by atoms with Gasteiger partial charge in [0.15, 0.2) is 11.8 Å². The number of aryl methyl sites for hydroxylation is 1. The third kappa shape index (κ3) is 5.82. The molecule has 9 heteroatoms. The Balaban J connectivity index is 0.00000338. The maximum Gasteiger partial charge on any atom is 0.310 e. The lowest BCUT2D eigenvalue weighted by atomic mass is 9.99. The van der Waals surface area contributed by atoms with E-state index in [1.807, 2.05) is 13.8 Å². The van der Waals surface area contributed by atoms with Crippen LogP contribution in [0.3, 0.4) is 0 Å². The van der Waals surface area contributed by atoms with E-state index in [1.54, 1.807) is 7.05 Å². The normalized spacial score (nSPS) is 20.2. The molecular weight excluding hydrogens is 449 g/mol. The fourth-order valence-corrected chi connectivity index (χ4v) is 2.97. The van der Waals surface area contributed by atoms with Crippen molar-refractivity contribution in [1.29, 1.82) is 0 Å². The van der Waals surface area contributed by atoms with Crippen LogP contribution in [0.15, 0.2) is 9.52 Å². The van der Waals surface area contributed by atoms with Crippen LogP contribution in [0.4, 0.5) is 0 Å². The highest BCUT2D eigenvalue weighted by Crippen LogP contribution is 2.24. The van der Waals surface area contributed by atoms with Gasteiger partial charge in [-0.2, -0.15) is 4.98 Å². The molecule has 1 aromatic heterocycles. The highest BCUT2D eigenvalue weighted by molar-refractivity contribution is 14.0. The molecule has 0 bridgehead atoms. The van der Waals surface area contributed by atoms with Crippen LogP contribution in [-0.4, -0.2) is 60.8 Å². The number of esters is 1. The summed E-state index contributed by atoms with van der Waals surface area (Å²) in [4.78, 5) is 22.6. The quantitative estimate of drug-likeness (QED) is 0.220. The molecule has 148 valence electrons. The van der Waals surface area contributed by atoms with Gasteiger partial charge in [-0.1, -0.05) is 25.9 Å². The van der Waals surface area contributed by atoms with Gasteiger partial charge in [-0.05, 0) is 12.3 Å². The number of likely N-dealkylation sites (tertiary alicyclic amines) is 1. The highest BCUT2D eigenvalue weighted by Gasteiger charge is 2.36. The number of aliphatic imine (C=N–C) groups is 1. The standard InChI is InChI=1S/C17H29N5O3.HI/c1-11(2)15-20-14(25-21-15)7-6-8-19-17(18-4)22-9-12(3)13(10-22)16(23)24-5;/h11-13H,6-10H2,1-5H3,(H,18,19);1H. The van der Waals surface area contributed by atoms with Crippen LogP contribution >= 0.6 is 24.0 Å². The van der Waals surface area contributed by atoms with E-state index in [4.69, 9.17) is 9.26 Å². The van der Waals surface area contributed by atoms with Gasteiger partial charge in [0.25, 0.3) is 0 Å². The van der Waals surface area contributed by atoms with Crippen LogP contribution < -0.4 is 5.32 Å². The van der Waals surface area contributed by atoms with Gasteiger partial charge in [0, 0.05) is 39.0 Å². The largest absolute Gasteiger partial charge is 0.469 e. The van der Waals surface area contributed by atoms with Crippen molar-refractivity contribution < 1.29 is 14.1 Å². The summed E-state index contributed by atoms with van der Waals surface area (Å²) in [5.41, 5.74) is 0. The second-order valence-electron chi connectivity index (χ2n) is 6.79. The van der Waals surface area contributed by atoms with Gasteiger partial charge >= 0.3 is 5.97 Å². The molecule has 26 heavy (non-hydrogen) atoms. The number of aromatic nitrogens is 2. The first-order valence-corrected chi connectivity index (χ1v) is 8.82. The number of rotatable bonds is 6. The predicted molar refractivity (Wildman–Crippen MR) is 110 cm³/mol. The van der Waals surface area contributed by atoms with Gasteiger partial charge in [-0.15, -0.1) is 24.0 Å². The number of ether oxygens (including phenoxy) is 1. The monoisotopic (exact) mass is 479 g/mol. The number of nitrogens with zero attached hydrogens (tertiary/aromatic N) is 4. The zero-order valence-corrected chi connectivity index (χ0v) is 18.5. The molecule has 1 aliphatic heterocycles. The summed E-state index contributed by atoms with van der Waals surface area (Å²) in [6, 6.07) is 0. The first-order valence-electron chi connectivity index (χ1n) is 8.82. The molecule has 0 radical (unpaired) electrons. The number of hydrogen-bond donors (Lipinski definition) is 1. The average molecular weight is 479 g/mol. The van der Waals surface area contributed by atoms with Gasteiger partial charge in [0.2, 0.25) is 5.89 Å². The molecule has 1 N–H and O–H groups in total. The lowest BCUT2D eigenvalue weighted by molar-refractivity contribution is -0.145. The minimum absolute atomic E-state index is 0. The maximum absolute atomic E-state index is 11.8. The highest BCUT2D eigenvalue weighted by atomic mass is 127. The molecule has 0 amide bonds. The Kier molecular flexibility index (Phi) is 9.31. The second kappa shape index (κ2) is 10.7. The van der Waals surface area contributed by atoms with Crippen LogP contribution in [0.2, 0.25) is 0 Å². The van der Waals surface area contributed by atoms with Crippen molar-refractivity contribution in [2.45, 2.75) is 39.5 Å². The van der Waals surface area contributed by atoms with Crippen molar-refractivity contribution in [3.63, 3.8) is 0 Å². The molecular formula is C17H30IN5O3. The van der Waals surface area contributed by atoms with Crippen molar-refractivity contribution in [2.75, 3.05) is 33.8 Å². The molecule has 0 spiro atoms. The maximum atomic E-state index is 11.8. The van der Waals surface area contributed by atoms with Crippen LogP contribution in [0, 0.1) is 11.8 Å². The third-order valence-corrected chi connectivity index (χ3v) is 4.48. The molecule has 1 fully saturated rings. The number of halogens is 1. The van der Waals surface area contributed by atoms with Crippen molar-refractivity contribution in [3.05, 3.63) is 11.7 Å². The lowest BCUT2D eigenvalue weighted by Gasteiger charge is -2.21. The van der Waals surface area contributed by atoms with E-state index in [9.17, 15) is 4.79 Å². The zero-order valence-electron chi connectivity index (χ0n) is 16.2. The van der Waals surface area contributed by atoms with Crippen molar-refractivity contribution >= 4 is 35.9 Å². The van der Waals surface area contributed by atoms with Crippen molar-refractivity contribution in [2.24, 2.45) is 16.8 Å². The minimum atomic E-state index is -0.150. The Morgan fingerprint density at radius 1 is 1.46 bits per heavy atom. The molecule has 8 nitrogen and oxygen atoms in total. The van der Waals surface area contributed by atoms with E-state index in [0.29, 0.717) is 12.4 Å². The molecule has 1 aromatic rings. The molecule has 2 atom stereocenters. The Morgan fingerprint density at radius 3 is 2.77 bits per heavy atom. The SMILES string of the molecule is CN=C(NCCCc1nc(C(C)C)no1)N1CC(C)C(C(=O)OC)C1.I. The molecule has 0 saturated carbocycles. The Morgan fingerprint density at radius 2 is 2.19 bits per heavy atom. The third-order valence-electron chi connectivity index (χ3n) is 4.48. The second-order valence-corrected chi connectivity index (χ2v) is 6.79. The van der Waals surface area contributed by atoms with Crippen molar-refractivity contribution in [1.82, 2.24) is 20.4 Å². The summed E-state index contributed by atoms with van der Waals surface area (Å²) in [5.74, 6) is 2.50. The summed E-state index contributed by atoms with van der Waals surface area (Å²) < 4.78 is 10.1. The smallest absolute Gasteiger partial charge is 0.310 e. The Bertz CT molecular complexity index is 605. The summed E-state index contributed by atoms with van der Waals surface area (Å²) in [6.45, 7) is 8.32. The average Bonchev–Trinajstić information content (AvgIpc) is 3.21. The molecule has 0 aliphatic carbocycles. The van der Waals surface area contributed by atoms with E-state index >= 15 is 0 Å². The zero-order chi connectivity index (χ0) is 18.4. The van der Waals surface area contributed by atoms with Crippen LogP contribution in [0.5, 0.6) is 0 Å². The summed E-state index contributed by atoms with van der Waals surface area (Å²) >= 11 is 0. The number of nitrogens with one attached hydrogen (secondary N) is 1. The Labute approximate surface area is 172 Å². The van der Waals surface area contributed by atoms with Crippen LogP contribution in [0.1, 0.15) is 44.8 Å². The van der Waals surface area contributed by atoms with Gasteiger partial charge in [0.1, 0.15) is 0 Å². The molecule has 2 heterocycles. The van der Waals surface area contributed by atoms with E-state index < -0.39 is 0 Å². The summed E-state index contributed by atoms with van der Waals surface area (Å²) in [5, 5.41) is 7.31. The fourth-order valence-electron chi connectivity index (χ4n) is 2.97. The molecule has 1 aliphatic rings. The number of guanidine groups is 1. The lowest BCUT2D eigenvalue weighted by Crippen LogP contribution is -2.41. The van der Waals surface area contributed by atoms with Crippen LogP contribution in [-0.2, 0) is 16.0 Å². The van der Waals surface area contributed by atoms with E-state index in [1.165, 1.54) is 7.11 Å². The number of hydrogen-bond acceptors (Lipinski definition) is 6. The van der Waals surface area contributed by atoms with Gasteiger partial charge in [0.05, 0.1) is 13.0 Å². The van der Waals surface area contributed by atoms with Gasteiger partial charge in [-0.25, -0.2) is 0 Å². The number of carbonyl (C=O) groups is 1. The van der Waals surface area contributed by atoms with E-state index in [2.05, 4.69) is 32.3 Å². The summed E-state index contributed by atoms with van der Waals surface area (Å²) in [7, 11) is 3.19. The van der Waals surface area contributed by atoms with Crippen LogP contribution in [0.25, 0.3) is 0 Å². The predicted octanol–water partition coefficient (Wildman–Crippen LogP) is 2.06. The number of methoxy groups -OCH3 is 1. The molecule has 2 rings (SSSR count). The first kappa shape index (κ1) is 22.7. The molecule has 0 aromatic carbocycles. The minimum Gasteiger partial charge on any atom is -0.469 e. The fraction of sp³-hybridized carbons (Fsp3) is 0.765. The van der Waals surface area contributed by atoms with Crippen molar-refractivity contribution in [3.8, 4) is 0 Å². The summed E-state index contributed by atoms with van der Waals surface area (Å²) in [6.07, 6.45) is 1.59. The topological polar surface area (TPSA) is 92.9 Å². The molecule has 1 saturated heterocycles. The Hall–Kier alpha value is -1.39. The first-order chi connectivity index (χ1) is 12.0. The molecule has 2 unspecified atom stereocenters. The van der Waals surface area contributed by atoms with E-state index in [-0.39, 0.29) is 47.7 Å². The number of carbonyl (C=O) groups excluding carboxylic acids is 1. The van der Waals surface area contributed by atoms with E-state index in [0.717, 1.165) is 37.7 Å².